The summed E-state index contributed by atoms with van der Waals surface area (Å²) in [6, 6.07) is 1.93. The molecule has 4 N–H and O–H groups in total. The lowest BCUT2D eigenvalue weighted by Crippen LogP contribution is -2.57. The van der Waals surface area contributed by atoms with Gasteiger partial charge in [-0.3, -0.25) is 9.78 Å². The molecule has 8 heteroatoms. The highest BCUT2D eigenvalue weighted by Crippen LogP contribution is 2.57. The van der Waals surface area contributed by atoms with Gasteiger partial charge in [0.25, 0.3) is 5.91 Å². The summed E-state index contributed by atoms with van der Waals surface area (Å²) in [6.45, 7) is 0. The van der Waals surface area contributed by atoms with Gasteiger partial charge in [-0.25, -0.2) is 14.4 Å². The van der Waals surface area contributed by atoms with Crippen LogP contribution in [-0.4, -0.2) is 32.6 Å². The zero-order valence-electron chi connectivity index (χ0n) is 15.4. The molecule has 2 heterocycles. The molecule has 4 aliphatic rings. The number of alkyl halides is 1. The van der Waals surface area contributed by atoms with Crippen molar-refractivity contribution in [3.8, 4) is 0 Å². The molecule has 5 atom stereocenters. The molecule has 0 saturated heterocycles. The number of nitrogens with one attached hydrogen (secondary N) is 2. The molecule has 6 rings (SSSR count). The maximum Gasteiger partial charge on any atom is 0.252 e. The first-order chi connectivity index (χ1) is 13.5. The van der Waals surface area contributed by atoms with Gasteiger partial charge in [-0.2, -0.15) is 0 Å². The quantitative estimate of drug-likeness (QED) is 0.734. The molecule has 4 aliphatic carbocycles. The third-order valence-corrected chi connectivity index (χ3v) is 6.51. The normalized spacial score (nSPS) is 32.9. The molecule has 28 heavy (non-hydrogen) atoms. The first-order valence-corrected chi connectivity index (χ1v) is 9.77. The first kappa shape index (κ1) is 17.3. The number of nitrogens with two attached hydrogens (primary N) is 1. The van der Waals surface area contributed by atoms with Gasteiger partial charge in [-0.05, 0) is 49.9 Å². The fraction of sp³-hybridized carbons (Fsp3) is 0.500. The minimum atomic E-state index is -0.988. The van der Waals surface area contributed by atoms with E-state index < -0.39 is 11.6 Å². The average Bonchev–Trinajstić information content (AvgIpc) is 2.64. The van der Waals surface area contributed by atoms with Crippen molar-refractivity contribution in [3.05, 3.63) is 36.4 Å². The Morgan fingerprint density at radius 2 is 1.89 bits per heavy atom. The first-order valence-electron chi connectivity index (χ1n) is 9.77. The van der Waals surface area contributed by atoms with E-state index in [0.29, 0.717) is 53.5 Å². The van der Waals surface area contributed by atoms with Gasteiger partial charge in [-0.15, -0.1) is 0 Å². The predicted molar refractivity (Wildman–Crippen MR) is 103 cm³/mol. The van der Waals surface area contributed by atoms with Crippen LogP contribution in [0.3, 0.4) is 0 Å². The monoisotopic (exact) mass is 382 g/mol. The van der Waals surface area contributed by atoms with Crippen LogP contribution in [0.25, 0.3) is 0 Å². The Morgan fingerprint density at radius 1 is 1.11 bits per heavy atom. The number of carbonyl (C=O) groups is 1. The van der Waals surface area contributed by atoms with E-state index in [9.17, 15) is 9.18 Å². The van der Waals surface area contributed by atoms with Crippen LogP contribution in [0.1, 0.15) is 42.5 Å². The van der Waals surface area contributed by atoms with Crippen LogP contribution in [0.15, 0.2) is 30.9 Å². The van der Waals surface area contributed by atoms with Crippen molar-refractivity contribution < 1.29 is 9.18 Å². The van der Waals surface area contributed by atoms with Crippen molar-refractivity contribution in [2.24, 2.45) is 23.5 Å². The SMILES string of the molecule is NC(=O)c1cnc(Nc2cnccn2)cc1NC1[C@@H]2CC3C[C@H]1CC(F)(C3)C2. The number of primary amides is 1. The van der Waals surface area contributed by atoms with Crippen molar-refractivity contribution in [3.63, 3.8) is 0 Å². The van der Waals surface area contributed by atoms with Gasteiger partial charge in [0.1, 0.15) is 17.3 Å². The lowest BCUT2D eigenvalue weighted by atomic mass is 9.53. The Labute approximate surface area is 162 Å². The Balaban J connectivity index is 1.42. The number of rotatable bonds is 5. The molecule has 4 fully saturated rings. The molecule has 4 saturated carbocycles. The molecule has 0 aliphatic heterocycles. The van der Waals surface area contributed by atoms with Crippen LogP contribution in [0.2, 0.25) is 0 Å². The van der Waals surface area contributed by atoms with Crippen molar-refractivity contribution in [2.45, 2.75) is 43.8 Å². The van der Waals surface area contributed by atoms with Crippen molar-refractivity contribution in [1.29, 1.82) is 0 Å². The summed E-state index contributed by atoms with van der Waals surface area (Å²) in [5, 5.41) is 6.62. The Morgan fingerprint density at radius 3 is 2.54 bits per heavy atom. The van der Waals surface area contributed by atoms with Crippen LogP contribution < -0.4 is 16.4 Å². The van der Waals surface area contributed by atoms with Gasteiger partial charge in [0, 0.05) is 30.7 Å². The highest BCUT2D eigenvalue weighted by atomic mass is 19.1. The standard InChI is InChI=1S/C20H23FN6O/c21-20-6-11-3-12(7-20)18(13(4-11)8-20)26-15-5-16(25-9-14(15)19(22)28)27-17-10-23-1-2-24-17/h1-2,5,9-13,18H,3-4,6-8H2,(H2,22,28)(H2,24,25,26,27)/t11?,12-,13+,18?,20?. The Bertz CT molecular complexity index is 891. The number of carbonyl (C=O) groups excluding carboxylic acids is 1. The van der Waals surface area contributed by atoms with Gasteiger partial charge < -0.3 is 16.4 Å². The summed E-state index contributed by atoms with van der Waals surface area (Å²) in [5.41, 5.74) is 5.56. The van der Waals surface area contributed by atoms with Crippen LogP contribution in [0, 0.1) is 17.8 Å². The summed E-state index contributed by atoms with van der Waals surface area (Å²) in [4.78, 5) is 24.4. The van der Waals surface area contributed by atoms with Gasteiger partial charge in [0.05, 0.1) is 17.4 Å². The molecule has 7 nitrogen and oxygen atoms in total. The lowest BCUT2D eigenvalue weighted by Gasteiger charge is -2.57. The van der Waals surface area contributed by atoms with Gasteiger partial charge in [-0.1, -0.05) is 0 Å². The molecule has 0 spiro atoms. The maximum atomic E-state index is 15.0. The molecule has 146 valence electrons. The topological polar surface area (TPSA) is 106 Å². The van der Waals surface area contributed by atoms with E-state index in [1.807, 2.05) is 0 Å². The second-order valence-electron chi connectivity index (χ2n) is 8.49. The smallest absolute Gasteiger partial charge is 0.252 e. The summed E-state index contributed by atoms with van der Waals surface area (Å²) in [6.07, 6.45) is 10.3. The number of hydrogen-bond acceptors (Lipinski definition) is 6. The van der Waals surface area contributed by atoms with Crippen molar-refractivity contribution >= 4 is 23.2 Å². The van der Waals surface area contributed by atoms with Crippen LogP contribution in [-0.2, 0) is 0 Å². The van der Waals surface area contributed by atoms with Crippen molar-refractivity contribution in [1.82, 2.24) is 15.0 Å². The lowest BCUT2D eigenvalue weighted by molar-refractivity contribution is -0.0800. The number of nitrogens with zero attached hydrogens (tertiary/aromatic N) is 3. The zero-order valence-corrected chi connectivity index (χ0v) is 15.4. The highest BCUT2D eigenvalue weighted by molar-refractivity contribution is 5.98. The van der Waals surface area contributed by atoms with E-state index in [-0.39, 0.29) is 6.04 Å². The second-order valence-corrected chi connectivity index (χ2v) is 8.49. The van der Waals surface area contributed by atoms with Crippen LogP contribution in [0.5, 0.6) is 0 Å². The zero-order chi connectivity index (χ0) is 19.3. The van der Waals surface area contributed by atoms with Gasteiger partial charge in [0.15, 0.2) is 0 Å². The van der Waals surface area contributed by atoms with Crippen LogP contribution >= 0.6 is 0 Å². The van der Waals surface area contributed by atoms with E-state index in [1.54, 1.807) is 24.7 Å². The molecule has 2 aromatic heterocycles. The Hall–Kier alpha value is -2.77. The summed E-state index contributed by atoms with van der Waals surface area (Å²) < 4.78 is 15.0. The molecule has 4 bridgehead atoms. The van der Waals surface area contributed by atoms with E-state index in [4.69, 9.17) is 5.73 Å². The third-order valence-electron chi connectivity index (χ3n) is 6.51. The number of amides is 1. The predicted octanol–water partition coefficient (Wildman–Crippen LogP) is 3.04. The van der Waals surface area contributed by atoms with Gasteiger partial charge >= 0.3 is 0 Å². The average molecular weight is 382 g/mol. The summed E-state index contributed by atoms with van der Waals surface area (Å²) >= 11 is 0. The molecule has 2 aromatic rings. The van der Waals surface area contributed by atoms with Crippen LogP contribution in [0.4, 0.5) is 21.7 Å². The number of hydrogen-bond donors (Lipinski definition) is 3. The number of anilines is 3. The molecule has 0 radical (unpaired) electrons. The highest BCUT2D eigenvalue weighted by Gasteiger charge is 2.56. The van der Waals surface area contributed by atoms with Crippen molar-refractivity contribution in [2.75, 3.05) is 10.6 Å². The summed E-state index contributed by atoms with van der Waals surface area (Å²) in [7, 11) is 0. The van der Waals surface area contributed by atoms with E-state index in [1.165, 1.54) is 6.20 Å². The van der Waals surface area contributed by atoms with E-state index >= 15 is 0 Å². The molecular formula is C20H23FN6O. The fourth-order valence-electron chi connectivity index (χ4n) is 5.67. The largest absolute Gasteiger partial charge is 0.381 e. The number of aromatic nitrogens is 3. The number of halogens is 1. The maximum absolute atomic E-state index is 15.0. The van der Waals surface area contributed by atoms with E-state index in [0.717, 1.165) is 19.3 Å². The molecular weight excluding hydrogens is 359 g/mol. The molecule has 1 amide bonds. The number of pyridine rings is 1. The minimum Gasteiger partial charge on any atom is -0.381 e. The minimum absolute atomic E-state index is 0.158. The molecule has 0 aromatic carbocycles. The Kier molecular flexibility index (Phi) is 3.96. The fourth-order valence-corrected chi connectivity index (χ4v) is 5.67. The van der Waals surface area contributed by atoms with Gasteiger partial charge in [0.2, 0.25) is 0 Å². The molecule has 3 unspecified atom stereocenters. The third kappa shape index (κ3) is 3.06. The van der Waals surface area contributed by atoms with E-state index in [2.05, 4.69) is 25.6 Å². The summed E-state index contributed by atoms with van der Waals surface area (Å²) in [5.74, 6) is 1.65. The second kappa shape index (κ2) is 6.39.